The van der Waals surface area contributed by atoms with E-state index < -0.39 is 6.10 Å². The maximum Gasteiger partial charge on any atom is 0.306 e. The quantitative estimate of drug-likeness (QED) is 0.0343. The molecule has 0 N–H and O–H groups in total. The highest BCUT2D eigenvalue weighted by molar-refractivity contribution is 5.71. The molecule has 1 unspecified atom stereocenters. The molecule has 0 fully saturated rings. The van der Waals surface area contributed by atoms with Gasteiger partial charge in [-0.15, -0.1) is 0 Å². The maximum absolute atomic E-state index is 12.9. The summed E-state index contributed by atoms with van der Waals surface area (Å²) in [5.41, 5.74) is 0. The Hall–Kier alpha value is -1.59. The van der Waals surface area contributed by atoms with E-state index >= 15 is 0 Å². The molecule has 6 nitrogen and oxygen atoms in total. The van der Waals surface area contributed by atoms with E-state index in [-0.39, 0.29) is 31.1 Å². The average molecular weight is 1060 g/mol. The second kappa shape index (κ2) is 64.9. The van der Waals surface area contributed by atoms with Crippen LogP contribution in [0.15, 0.2) is 0 Å². The Balaban J connectivity index is 4.25. The zero-order valence-corrected chi connectivity index (χ0v) is 51.4. The van der Waals surface area contributed by atoms with Gasteiger partial charge in [0.1, 0.15) is 13.2 Å². The van der Waals surface area contributed by atoms with Gasteiger partial charge in [-0.2, -0.15) is 0 Å². The van der Waals surface area contributed by atoms with Gasteiger partial charge in [-0.05, 0) is 19.3 Å². The normalized spacial score (nSPS) is 11.9. The van der Waals surface area contributed by atoms with Crippen LogP contribution in [-0.4, -0.2) is 37.2 Å². The first-order valence-corrected chi connectivity index (χ1v) is 34.5. The number of hydrogen-bond donors (Lipinski definition) is 0. The SMILES string of the molecule is CCCCCCCCCCCCCCCCCCCCCCCCC(=O)OCC(COC(=O)CCCCCCCCCCCCCCCCCCC)OC(=O)CCCCCCCCCCCCCCCCCCCC. The number of hydrogen-bond acceptors (Lipinski definition) is 6. The largest absolute Gasteiger partial charge is 0.462 e. The molecule has 1 atom stereocenters. The van der Waals surface area contributed by atoms with E-state index in [0.29, 0.717) is 19.3 Å². The van der Waals surface area contributed by atoms with Crippen LogP contribution in [0.25, 0.3) is 0 Å². The predicted octanol–water partition coefficient (Wildman–Crippen LogP) is 23.5. The fourth-order valence-electron chi connectivity index (χ4n) is 10.9. The Kier molecular flexibility index (Phi) is 63.6. The highest BCUT2D eigenvalue weighted by atomic mass is 16.6. The Labute approximate surface area is 469 Å². The lowest BCUT2D eigenvalue weighted by Gasteiger charge is -2.18. The molecular formula is C69H134O6. The summed E-state index contributed by atoms with van der Waals surface area (Å²) in [6.45, 7) is 6.75. The minimum absolute atomic E-state index is 0.0601. The van der Waals surface area contributed by atoms with E-state index in [4.69, 9.17) is 14.2 Å². The third-order valence-corrected chi connectivity index (χ3v) is 16.1. The van der Waals surface area contributed by atoms with Gasteiger partial charge in [-0.3, -0.25) is 14.4 Å². The van der Waals surface area contributed by atoms with Crippen LogP contribution in [0.3, 0.4) is 0 Å². The minimum atomic E-state index is -0.763. The highest BCUT2D eigenvalue weighted by Crippen LogP contribution is 2.19. The monoisotopic (exact) mass is 1060 g/mol. The lowest BCUT2D eigenvalue weighted by Crippen LogP contribution is -2.30. The number of unbranched alkanes of at least 4 members (excludes halogenated alkanes) is 54. The summed E-state index contributed by atoms with van der Waals surface area (Å²) in [6, 6.07) is 0. The van der Waals surface area contributed by atoms with Gasteiger partial charge < -0.3 is 14.2 Å². The lowest BCUT2D eigenvalue weighted by molar-refractivity contribution is -0.167. The van der Waals surface area contributed by atoms with Gasteiger partial charge in [-0.1, -0.05) is 367 Å². The van der Waals surface area contributed by atoms with Crippen LogP contribution in [0.5, 0.6) is 0 Å². The minimum Gasteiger partial charge on any atom is -0.462 e. The van der Waals surface area contributed by atoms with Crippen molar-refractivity contribution >= 4 is 17.9 Å². The van der Waals surface area contributed by atoms with E-state index in [9.17, 15) is 14.4 Å². The molecule has 6 heteroatoms. The Bertz CT molecular complexity index is 1120. The van der Waals surface area contributed by atoms with Crippen molar-refractivity contribution in [2.75, 3.05) is 13.2 Å². The second-order valence-corrected chi connectivity index (χ2v) is 23.8. The molecule has 0 aliphatic heterocycles. The first-order chi connectivity index (χ1) is 37.0. The van der Waals surface area contributed by atoms with Gasteiger partial charge in [0.15, 0.2) is 6.10 Å². The highest BCUT2D eigenvalue weighted by Gasteiger charge is 2.19. The summed E-state index contributed by atoms with van der Waals surface area (Å²) in [6.07, 6.45) is 75.5. The first kappa shape index (κ1) is 73.4. The molecular weight excluding hydrogens is 925 g/mol. The molecule has 0 amide bonds. The molecule has 0 bridgehead atoms. The maximum atomic E-state index is 12.9. The van der Waals surface area contributed by atoms with E-state index in [2.05, 4.69) is 20.8 Å². The van der Waals surface area contributed by atoms with Crippen molar-refractivity contribution in [1.29, 1.82) is 0 Å². The topological polar surface area (TPSA) is 78.9 Å². The molecule has 0 aliphatic carbocycles. The lowest BCUT2D eigenvalue weighted by atomic mass is 10.0. The second-order valence-electron chi connectivity index (χ2n) is 23.8. The Morgan fingerprint density at radius 2 is 0.360 bits per heavy atom. The fraction of sp³-hybridized carbons (Fsp3) is 0.957. The fourth-order valence-corrected chi connectivity index (χ4v) is 10.9. The third kappa shape index (κ3) is 63.1. The van der Waals surface area contributed by atoms with Crippen LogP contribution in [0.4, 0.5) is 0 Å². The summed E-state index contributed by atoms with van der Waals surface area (Å²) in [5, 5.41) is 0. The van der Waals surface area contributed by atoms with Gasteiger partial charge in [0, 0.05) is 19.3 Å². The average Bonchev–Trinajstić information content (AvgIpc) is 3.41. The zero-order chi connectivity index (χ0) is 54.3. The Morgan fingerprint density at radius 1 is 0.213 bits per heavy atom. The molecule has 0 heterocycles. The van der Waals surface area contributed by atoms with Crippen LogP contribution in [-0.2, 0) is 28.6 Å². The van der Waals surface area contributed by atoms with Crippen molar-refractivity contribution in [3.63, 3.8) is 0 Å². The molecule has 0 spiro atoms. The van der Waals surface area contributed by atoms with Crippen molar-refractivity contribution in [3.05, 3.63) is 0 Å². The summed E-state index contributed by atoms with van der Waals surface area (Å²) in [5.74, 6) is -0.819. The van der Waals surface area contributed by atoms with Crippen LogP contribution in [0.2, 0.25) is 0 Å². The van der Waals surface area contributed by atoms with E-state index in [1.54, 1.807) is 0 Å². The summed E-state index contributed by atoms with van der Waals surface area (Å²) in [4.78, 5) is 38.4. The predicted molar refractivity (Wildman–Crippen MR) is 326 cm³/mol. The Morgan fingerprint density at radius 3 is 0.533 bits per heavy atom. The molecule has 0 saturated carbocycles. The molecule has 0 rings (SSSR count). The number of rotatable bonds is 65. The smallest absolute Gasteiger partial charge is 0.306 e. The van der Waals surface area contributed by atoms with Crippen molar-refractivity contribution in [2.24, 2.45) is 0 Å². The van der Waals surface area contributed by atoms with Gasteiger partial charge in [0.05, 0.1) is 0 Å². The van der Waals surface area contributed by atoms with Crippen molar-refractivity contribution < 1.29 is 28.6 Å². The van der Waals surface area contributed by atoms with Crippen LogP contribution >= 0.6 is 0 Å². The van der Waals surface area contributed by atoms with Gasteiger partial charge in [0.2, 0.25) is 0 Å². The number of carbonyl (C=O) groups excluding carboxylic acids is 3. The third-order valence-electron chi connectivity index (χ3n) is 16.1. The van der Waals surface area contributed by atoms with Crippen molar-refractivity contribution in [2.45, 2.75) is 412 Å². The number of esters is 3. The molecule has 0 saturated heterocycles. The van der Waals surface area contributed by atoms with E-state index in [1.807, 2.05) is 0 Å². The van der Waals surface area contributed by atoms with Crippen molar-refractivity contribution in [1.82, 2.24) is 0 Å². The first-order valence-electron chi connectivity index (χ1n) is 34.5. The summed E-state index contributed by atoms with van der Waals surface area (Å²) < 4.78 is 17.0. The molecule has 0 aliphatic rings. The van der Waals surface area contributed by atoms with Gasteiger partial charge in [-0.25, -0.2) is 0 Å². The van der Waals surface area contributed by atoms with E-state index in [0.717, 1.165) is 57.8 Å². The summed E-state index contributed by atoms with van der Waals surface area (Å²) >= 11 is 0. The molecule has 0 aromatic rings. The molecule has 0 aromatic carbocycles. The van der Waals surface area contributed by atoms with Crippen LogP contribution < -0.4 is 0 Å². The van der Waals surface area contributed by atoms with Gasteiger partial charge in [0.25, 0.3) is 0 Å². The van der Waals surface area contributed by atoms with Crippen LogP contribution in [0.1, 0.15) is 406 Å². The number of carbonyl (C=O) groups is 3. The summed E-state index contributed by atoms with van der Waals surface area (Å²) in [7, 11) is 0. The van der Waals surface area contributed by atoms with E-state index in [1.165, 1.54) is 308 Å². The van der Waals surface area contributed by atoms with Gasteiger partial charge >= 0.3 is 17.9 Å². The zero-order valence-electron chi connectivity index (χ0n) is 51.4. The molecule has 0 radical (unpaired) electrons. The number of ether oxygens (including phenoxy) is 3. The molecule has 75 heavy (non-hydrogen) atoms. The molecule has 0 aromatic heterocycles. The van der Waals surface area contributed by atoms with Crippen LogP contribution in [0, 0.1) is 0 Å². The van der Waals surface area contributed by atoms with Crippen molar-refractivity contribution in [3.8, 4) is 0 Å². The molecule has 446 valence electrons. The standard InChI is InChI=1S/C69H134O6/c1-4-7-10-13-16-19-22-25-28-31-33-34-35-36-39-41-44-47-50-53-56-59-62-68(71)74-65-66(64-73-67(70)61-58-55-52-49-46-43-40-37-30-27-24-21-18-15-12-9-6-3)75-69(72)63-60-57-54-51-48-45-42-38-32-29-26-23-20-17-14-11-8-5-2/h66H,4-65H2,1-3H3.